The number of quaternary nitrogens is 1. The van der Waals surface area contributed by atoms with Crippen LogP contribution in [-0.4, -0.2) is 31.7 Å². The van der Waals surface area contributed by atoms with Crippen LogP contribution in [0.4, 0.5) is 0 Å². The lowest BCUT2D eigenvalue weighted by atomic mass is 9.46. The molecule has 2 aromatic rings. The number of aryl methyl sites for hydroxylation is 1. The molecule has 0 saturated heterocycles. The smallest absolute Gasteiger partial charge is 0.311 e. The summed E-state index contributed by atoms with van der Waals surface area (Å²) in [5, 5.41) is 0. The van der Waals surface area contributed by atoms with Gasteiger partial charge in [0.2, 0.25) is 0 Å². The Morgan fingerprint density at radius 3 is 2.60 bits per heavy atom. The predicted molar refractivity (Wildman–Crippen MR) is 140 cm³/mol. The van der Waals surface area contributed by atoms with E-state index in [0.29, 0.717) is 11.8 Å². The molecule has 0 amide bonds. The number of methoxy groups -OCH3 is 1. The van der Waals surface area contributed by atoms with E-state index in [0.717, 1.165) is 68.3 Å². The molecule has 0 N–H and O–H groups in total. The van der Waals surface area contributed by atoms with E-state index in [4.69, 9.17) is 9.15 Å². The van der Waals surface area contributed by atoms with E-state index in [9.17, 15) is 4.79 Å². The second-order valence-corrected chi connectivity index (χ2v) is 12.2. The van der Waals surface area contributed by atoms with Crippen molar-refractivity contribution in [2.75, 3.05) is 21.2 Å². The van der Waals surface area contributed by atoms with Crippen LogP contribution in [0.25, 0.3) is 0 Å². The lowest BCUT2D eigenvalue weighted by molar-refractivity contribution is -0.917. The Labute approximate surface area is 211 Å². The number of allylic oxidation sites excluding steroid dienone is 1. The first-order valence-electron chi connectivity index (χ1n) is 13.3. The summed E-state index contributed by atoms with van der Waals surface area (Å²) in [7, 11) is 6.07. The van der Waals surface area contributed by atoms with Crippen LogP contribution in [0, 0.1) is 22.7 Å². The molecule has 1 heterocycles. The quantitative estimate of drug-likeness (QED) is 0.234. The summed E-state index contributed by atoms with van der Waals surface area (Å²) in [6, 6.07) is 12.8. The molecule has 4 atom stereocenters. The summed E-state index contributed by atoms with van der Waals surface area (Å²) >= 11 is 0. The Morgan fingerprint density at radius 1 is 1.14 bits per heavy atom. The SMILES string of the molecule is C=C1CC[C@@H]2[C@](C)(CCC[C@@]2(C)C(=O)OC)[C@H]1CCc1ccoc1C[N+](C)(C)Cc1ccccc1. The molecular weight excluding hydrogens is 434 g/mol. The fourth-order valence-electron chi connectivity index (χ4n) is 7.51. The van der Waals surface area contributed by atoms with E-state index in [2.05, 4.69) is 70.9 Å². The highest BCUT2D eigenvalue weighted by Crippen LogP contribution is 2.62. The first-order chi connectivity index (χ1) is 16.6. The molecule has 2 aliphatic carbocycles. The summed E-state index contributed by atoms with van der Waals surface area (Å²) < 4.78 is 12.2. The zero-order valence-electron chi connectivity index (χ0n) is 22.4. The first-order valence-corrected chi connectivity index (χ1v) is 13.3. The molecular formula is C31H44NO3+. The third-order valence-corrected chi connectivity index (χ3v) is 9.24. The number of furan rings is 1. The van der Waals surface area contributed by atoms with E-state index in [1.807, 2.05) is 6.26 Å². The summed E-state index contributed by atoms with van der Waals surface area (Å²) in [5.41, 5.74) is 3.72. The summed E-state index contributed by atoms with van der Waals surface area (Å²) in [6.45, 7) is 10.9. The second kappa shape index (κ2) is 9.97. The van der Waals surface area contributed by atoms with Gasteiger partial charge in [0.15, 0.2) is 5.76 Å². The summed E-state index contributed by atoms with van der Waals surface area (Å²) in [5.74, 6) is 1.82. The lowest BCUT2D eigenvalue weighted by Gasteiger charge is -2.57. The fourth-order valence-corrected chi connectivity index (χ4v) is 7.51. The minimum atomic E-state index is -0.388. The van der Waals surface area contributed by atoms with Gasteiger partial charge in [-0.05, 0) is 74.3 Å². The van der Waals surface area contributed by atoms with Crippen LogP contribution in [0.5, 0.6) is 0 Å². The molecule has 2 aliphatic rings. The Bertz CT molecular complexity index is 1040. The monoisotopic (exact) mass is 478 g/mol. The van der Waals surface area contributed by atoms with Gasteiger partial charge in [0.05, 0.1) is 32.9 Å². The van der Waals surface area contributed by atoms with E-state index >= 15 is 0 Å². The average molecular weight is 479 g/mol. The number of carbonyl (C=O) groups is 1. The number of fused-ring (bicyclic) bond motifs is 1. The van der Waals surface area contributed by atoms with Gasteiger partial charge in [0, 0.05) is 5.56 Å². The number of hydrogen-bond donors (Lipinski definition) is 0. The van der Waals surface area contributed by atoms with Crippen molar-refractivity contribution >= 4 is 5.97 Å². The number of nitrogens with zero attached hydrogens (tertiary/aromatic N) is 1. The molecule has 2 saturated carbocycles. The van der Waals surface area contributed by atoms with Crippen molar-refractivity contribution in [3.63, 3.8) is 0 Å². The number of rotatable bonds is 8. The summed E-state index contributed by atoms with van der Waals surface area (Å²) in [6.07, 6.45) is 9.11. The Hall–Kier alpha value is -2.33. The molecule has 2 fully saturated rings. The van der Waals surface area contributed by atoms with E-state index in [-0.39, 0.29) is 16.8 Å². The molecule has 0 unspecified atom stereocenters. The molecule has 35 heavy (non-hydrogen) atoms. The van der Waals surface area contributed by atoms with Gasteiger partial charge in [-0.15, -0.1) is 0 Å². The van der Waals surface area contributed by atoms with Crippen molar-refractivity contribution in [2.24, 2.45) is 22.7 Å². The van der Waals surface area contributed by atoms with Gasteiger partial charge in [0.1, 0.15) is 13.1 Å². The molecule has 4 nitrogen and oxygen atoms in total. The van der Waals surface area contributed by atoms with E-state index in [1.54, 1.807) is 0 Å². The Morgan fingerprint density at radius 2 is 1.89 bits per heavy atom. The highest BCUT2D eigenvalue weighted by Gasteiger charge is 2.57. The Kier molecular flexibility index (Phi) is 7.33. The van der Waals surface area contributed by atoms with Crippen LogP contribution >= 0.6 is 0 Å². The molecule has 0 radical (unpaired) electrons. The van der Waals surface area contributed by atoms with Gasteiger partial charge < -0.3 is 13.6 Å². The molecule has 1 aromatic heterocycles. The maximum atomic E-state index is 12.9. The molecule has 0 bridgehead atoms. The predicted octanol–water partition coefficient (Wildman–Crippen LogP) is 6.94. The van der Waals surface area contributed by atoms with Crippen molar-refractivity contribution in [3.8, 4) is 0 Å². The molecule has 190 valence electrons. The first kappa shape index (κ1) is 25.8. The van der Waals surface area contributed by atoms with Gasteiger partial charge in [-0.3, -0.25) is 4.79 Å². The number of hydrogen-bond acceptors (Lipinski definition) is 3. The minimum Gasteiger partial charge on any atom is -0.469 e. The number of benzene rings is 1. The van der Waals surface area contributed by atoms with Crippen LogP contribution in [0.1, 0.15) is 69.3 Å². The van der Waals surface area contributed by atoms with Crippen molar-refractivity contribution in [2.45, 2.75) is 71.9 Å². The van der Waals surface area contributed by atoms with Crippen molar-refractivity contribution < 1.29 is 18.4 Å². The topological polar surface area (TPSA) is 39.4 Å². The van der Waals surface area contributed by atoms with Crippen LogP contribution < -0.4 is 0 Å². The van der Waals surface area contributed by atoms with Crippen LogP contribution in [-0.2, 0) is 29.0 Å². The Balaban J connectivity index is 1.48. The minimum absolute atomic E-state index is 0.0322. The van der Waals surface area contributed by atoms with Gasteiger partial charge in [0.25, 0.3) is 0 Å². The standard InChI is InChI=1S/C31H44NO3/c1-23-13-16-28-30(2,18-10-19-31(28,3)29(33)34-6)26(23)15-14-25-17-20-35-27(25)22-32(4,5)21-24-11-8-7-9-12-24/h7-9,11-12,17,20,26,28H,1,10,13-16,18-19,21-22H2,2-6H3/q+1/t26-,28+,30+,31+/m0/s1. The molecule has 4 heteroatoms. The number of ether oxygens (including phenoxy) is 1. The third kappa shape index (κ3) is 5.14. The second-order valence-electron chi connectivity index (χ2n) is 12.2. The maximum Gasteiger partial charge on any atom is 0.311 e. The maximum absolute atomic E-state index is 12.9. The van der Waals surface area contributed by atoms with Gasteiger partial charge in [-0.25, -0.2) is 0 Å². The van der Waals surface area contributed by atoms with Crippen LogP contribution in [0.15, 0.2) is 59.2 Å². The fraction of sp³-hybridized carbons (Fsp3) is 0.581. The summed E-state index contributed by atoms with van der Waals surface area (Å²) in [4.78, 5) is 12.9. The van der Waals surface area contributed by atoms with Gasteiger partial charge in [-0.2, -0.15) is 0 Å². The van der Waals surface area contributed by atoms with E-state index < -0.39 is 0 Å². The molecule has 1 aromatic carbocycles. The third-order valence-electron chi connectivity index (χ3n) is 9.24. The lowest BCUT2D eigenvalue weighted by Crippen LogP contribution is -2.53. The van der Waals surface area contributed by atoms with E-state index in [1.165, 1.54) is 23.8 Å². The van der Waals surface area contributed by atoms with Gasteiger partial charge in [-0.1, -0.05) is 55.8 Å². The zero-order valence-corrected chi connectivity index (χ0v) is 22.4. The zero-order chi connectivity index (χ0) is 25.3. The van der Waals surface area contributed by atoms with Crippen molar-refractivity contribution in [3.05, 3.63) is 71.7 Å². The molecule has 0 aliphatic heterocycles. The van der Waals surface area contributed by atoms with Gasteiger partial charge >= 0.3 is 5.97 Å². The number of carbonyl (C=O) groups excluding carboxylic acids is 1. The highest BCUT2D eigenvalue weighted by atomic mass is 16.5. The van der Waals surface area contributed by atoms with Crippen molar-refractivity contribution in [1.82, 2.24) is 0 Å². The molecule has 0 spiro atoms. The largest absolute Gasteiger partial charge is 0.469 e. The average Bonchev–Trinajstić information content (AvgIpc) is 3.24. The van der Waals surface area contributed by atoms with Crippen LogP contribution in [0.2, 0.25) is 0 Å². The van der Waals surface area contributed by atoms with Crippen molar-refractivity contribution in [1.29, 1.82) is 0 Å². The molecule has 4 rings (SSSR count). The van der Waals surface area contributed by atoms with Crippen LogP contribution in [0.3, 0.4) is 0 Å². The normalized spacial score (nSPS) is 29.0. The highest BCUT2D eigenvalue weighted by molar-refractivity contribution is 5.77. The number of esters is 1.